The Hall–Kier alpha value is -2.04. The van der Waals surface area contributed by atoms with Gasteiger partial charge in [-0.2, -0.15) is 0 Å². The van der Waals surface area contributed by atoms with Crippen LogP contribution in [0.25, 0.3) is 0 Å². The van der Waals surface area contributed by atoms with Gasteiger partial charge in [0.1, 0.15) is 10.8 Å². The van der Waals surface area contributed by atoms with Crippen LogP contribution in [0.1, 0.15) is 15.7 Å². The first-order chi connectivity index (χ1) is 12.2. The van der Waals surface area contributed by atoms with Crippen molar-refractivity contribution in [3.8, 4) is 0 Å². The van der Waals surface area contributed by atoms with Crippen molar-refractivity contribution in [2.45, 2.75) is 25.0 Å². The largest absolute Gasteiger partial charge is 0.302 e. The number of hydrogen-bond acceptors (Lipinski definition) is 8. The van der Waals surface area contributed by atoms with E-state index < -0.39 is 0 Å². The van der Waals surface area contributed by atoms with E-state index >= 15 is 0 Å². The molecule has 130 valence electrons. The van der Waals surface area contributed by atoms with Crippen LogP contribution in [-0.4, -0.2) is 36.6 Å². The highest BCUT2D eigenvalue weighted by molar-refractivity contribution is 7.99. The van der Waals surface area contributed by atoms with Gasteiger partial charge < -0.3 is 4.57 Å². The highest BCUT2D eigenvalue weighted by atomic mass is 32.2. The molecule has 0 unspecified atom stereocenters. The molecule has 0 atom stereocenters. The van der Waals surface area contributed by atoms with E-state index in [1.807, 2.05) is 22.9 Å². The summed E-state index contributed by atoms with van der Waals surface area (Å²) in [5.74, 6) is 0.950. The van der Waals surface area contributed by atoms with Gasteiger partial charge in [0.05, 0.1) is 5.75 Å². The number of anilines is 1. The molecule has 3 rings (SSSR count). The van der Waals surface area contributed by atoms with Crippen LogP contribution in [0, 0.1) is 6.92 Å². The molecule has 7 nitrogen and oxygen atoms in total. The summed E-state index contributed by atoms with van der Waals surface area (Å²) >= 11 is 4.38. The van der Waals surface area contributed by atoms with Gasteiger partial charge in [0.2, 0.25) is 11.0 Å². The molecule has 0 aliphatic carbocycles. The van der Waals surface area contributed by atoms with Gasteiger partial charge in [-0.15, -0.1) is 38.3 Å². The SMILES string of the molecule is C=CCn1c(Cc2cccs2)nnc1SCC(=O)Nc1nnc(C)s1. The van der Waals surface area contributed by atoms with Crippen molar-refractivity contribution < 1.29 is 4.79 Å². The Morgan fingerprint density at radius 3 is 2.96 bits per heavy atom. The molecule has 0 fully saturated rings. The van der Waals surface area contributed by atoms with Crippen LogP contribution in [0.5, 0.6) is 0 Å². The van der Waals surface area contributed by atoms with Crippen LogP contribution in [0.3, 0.4) is 0 Å². The fraction of sp³-hybridized carbons (Fsp3) is 0.267. The molecule has 3 heterocycles. The van der Waals surface area contributed by atoms with Gasteiger partial charge in [0, 0.05) is 17.8 Å². The van der Waals surface area contributed by atoms with Crippen molar-refractivity contribution in [3.05, 3.63) is 45.9 Å². The highest BCUT2D eigenvalue weighted by Gasteiger charge is 2.15. The number of hydrogen-bond donors (Lipinski definition) is 1. The number of nitrogens with one attached hydrogen (secondary N) is 1. The molecule has 0 radical (unpaired) electrons. The molecule has 3 aromatic rings. The van der Waals surface area contributed by atoms with E-state index in [9.17, 15) is 4.79 Å². The van der Waals surface area contributed by atoms with Crippen molar-refractivity contribution in [1.29, 1.82) is 0 Å². The van der Waals surface area contributed by atoms with Gasteiger partial charge >= 0.3 is 0 Å². The Morgan fingerprint density at radius 1 is 1.40 bits per heavy atom. The lowest BCUT2D eigenvalue weighted by molar-refractivity contribution is -0.113. The summed E-state index contributed by atoms with van der Waals surface area (Å²) in [6.45, 7) is 6.24. The highest BCUT2D eigenvalue weighted by Crippen LogP contribution is 2.21. The third-order valence-electron chi connectivity index (χ3n) is 3.12. The molecule has 0 aromatic carbocycles. The average Bonchev–Trinajstić information content (AvgIpc) is 3.31. The van der Waals surface area contributed by atoms with E-state index in [4.69, 9.17) is 0 Å². The molecular formula is C15H16N6OS3. The lowest BCUT2D eigenvalue weighted by Gasteiger charge is -2.07. The van der Waals surface area contributed by atoms with E-state index in [2.05, 4.69) is 38.4 Å². The number of thiophene rings is 1. The van der Waals surface area contributed by atoms with E-state index in [0.29, 0.717) is 16.8 Å². The topological polar surface area (TPSA) is 85.6 Å². The smallest absolute Gasteiger partial charge is 0.236 e. The van der Waals surface area contributed by atoms with Gasteiger partial charge in [-0.25, -0.2) is 0 Å². The summed E-state index contributed by atoms with van der Waals surface area (Å²) in [6, 6.07) is 4.09. The number of allylic oxidation sites excluding steroid dienone is 1. The molecule has 0 saturated carbocycles. The molecule has 0 spiro atoms. The molecule has 0 aliphatic heterocycles. The number of carbonyl (C=O) groups excluding carboxylic acids is 1. The Labute approximate surface area is 157 Å². The molecule has 0 aliphatic rings. The molecule has 1 amide bonds. The van der Waals surface area contributed by atoms with Crippen LogP contribution in [-0.2, 0) is 17.8 Å². The van der Waals surface area contributed by atoms with Crippen LogP contribution in [0.2, 0.25) is 0 Å². The zero-order valence-electron chi connectivity index (χ0n) is 13.5. The third-order valence-corrected chi connectivity index (χ3v) is 5.72. The Kier molecular flexibility index (Phi) is 5.95. The van der Waals surface area contributed by atoms with E-state index in [-0.39, 0.29) is 11.7 Å². The summed E-state index contributed by atoms with van der Waals surface area (Å²) in [5, 5.41) is 23.1. The predicted molar refractivity (Wildman–Crippen MR) is 101 cm³/mol. The van der Waals surface area contributed by atoms with E-state index in [1.54, 1.807) is 17.4 Å². The number of amides is 1. The first kappa shape index (κ1) is 17.8. The number of nitrogens with zero attached hydrogens (tertiary/aromatic N) is 5. The minimum absolute atomic E-state index is 0.144. The van der Waals surface area contributed by atoms with Crippen LogP contribution in [0.4, 0.5) is 5.13 Å². The van der Waals surface area contributed by atoms with Gasteiger partial charge in [-0.3, -0.25) is 10.1 Å². The summed E-state index contributed by atoms with van der Waals surface area (Å²) in [7, 11) is 0. The molecular weight excluding hydrogens is 376 g/mol. The number of aromatic nitrogens is 5. The number of rotatable bonds is 8. The molecule has 10 heteroatoms. The molecule has 3 aromatic heterocycles. The van der Waals surface area contributed by atoms with Crippen molar-refractivity contribution >= 4 is 45.5 Å². The van der Waals surface area contributed by atoms with Gasteiger partial charge in [0.15, 0.2) is 5.16 Å². The van der Waals surface area contributed by atoms with Crippen molar-refractivity contribution in [2.75, 3.05) is 11.1 Å². The van der Waals surface area contributed by atoms with Crippen molar-refractivity contribution in [2.24, 2.45) is 0 Å². The molecule has 0 bridgehead atoms. The quantitative estimate of drug-likeness (QED) is 0.468. The average molecular weight is 393 g/mol. The van der Waals surface area contributed by atoms with E-state index in [1.165, 1.54) is 28.0 Å². The van der Waals surface area contributed by atoms with Crippen LogP contribution in [0.15, 0.2) is 35.3 Å². The summed E-state index contributed by atoms with van der Waals surface area (Å²) < 4.78 is 1.99. The predicted octanol–water partition coefficient (Wildman–Crippen LogP) is 3.01. The maximum absolute atomic E-state index is 12.1. The number of thioether (sulfide) groups is 1. The zero-order chi connectivity index (χ0) is 17.6. The number of aryl methyl sites for hydroxylation is 1. The maximum Gasteiger partial charge on any atom is 0.236 e. The maximum atomic E-state index is 12.1. The Bertz CT molecular complexity index is 855. The van der Waals surface area contributed by atoms with Crippen LogP contribution >= 0.6 is 34.4 Å². The third kappa shape index (κ3) is 4.74. The van der Waals surface area contributed by atoms with Crippen LogP contribution < -0.4 is 5.32 Å². The van der Waals surface area contributed by atoms with Crippen molar-refractivity contribution in [1.82, 2.24) is 25.0 Å². The molecule has 1 N–H and O–H groups in total. The first-order valence-electron chi connectivity index (χ1n) is 7.44. The summed E-state index contributed by atoms with van der Waals surface area (Å²) in [4.78, 5) is 13.3. The van der Waals surface area contributed by atoms with E-state index in [0.717, 1.165) is 17.3 Å². The minimum atomic E-state index is -0.144. The second-order valence-corrected chi connectivity index (χ2v) is 8.17. The lowest BCUT2D eigenvalue weighted by Crippen LogP contribution is -2.14. The number of carbonyl (C=O) groups is 1. The standard InChI is InChI=1S/C15H16N6OS3/c1-3-6-21-12(8-11-5-4-7-23-11)18-20-15(21)24-9-13(22)16-14-19-17-10(2)25-14/h3-5,7H,1,6,8-9H2,2H3,(H,16,19,22). The lowest BCUT2D eigenvalue weighted by atomic mass is 10.3. The fourth-order valence-electron chi connectivity index (χ4n) is 2.07. The monoisotopic (exact) mass is 392 g/mol. The van der Waals surface area contributed by atoms with Gasteiger partial charge in [0.25, 0.3) is 0 Å². The summed E-state index contributed by atoms with van der Waals surface area (Å²) in [5.41, 5.74) is 0. The Balaban J connectivity index is 1.64. The normalized spacial score (nSPS) is 10.8. The summed E-state index contributed by atoms with van der Waals surface area (Å²) in [6.07, 6.45) is 2.52. The minimum Gasteiger partial charge on any atom is -0.302 e. The van der Waals surface area contributed by atoms with Crippen molar-refractivity contribution in [3.63, 3.8) is 0 Å². The molecule has 25 heavy (non-hydrogen) atoms. The van der Waals surface area contributed by atoms with Gasteiger partial charge in [-0.05, 0) is 18.4 Å². The zero-order valence-corrected chi connectivity index (χ0v) is 16.0. The Morgan fingerprint density at radius 2 is 2.28 bits per heavy atom. The second kappa shape index (κ2) is 8.37. The molecule has 0 saturated heterocycles. The fourth-order valence-corrected chi connectivity index (χ4v) is 4.15. The first-order valence-corrected chi connectivity index (χ1v) is 10.1. The second-order valence-electron chi connectivity index (χ2n) is 5.02. The van der Waals surface area contributed by atoms with Gasteiger partial charge in [-0.1, -0.05) is 35.2 Å².